The second-order valence-corrected chi connectivity index (χ2v) is 7.39. The van der Waals surface area contributed by atoms with Crippen LogP contribution in [-0.2, 0) is 0 Å². The Kier molecular flexibility index (Phi) is 5.05. The summed E-state index contributed by atoms with van der Waals surface area (Å²) in [6.45, 7) is 2.00. The predicted molar refractivity (Wildman–Crippen MR) is 126 cm³/mol. The van der Waals surface area contributed by atoms with Gasteiger partial charge in [0.1, 0.15) is 11.6 Å². The molecule has 5 rings (SSSR count). The summed E-state index contributed by atoms with van der Waals surface area (Å²) < 4.78 is 0. The van der Waals surface area contributed by atoms with Crippen molar-refractivity contribution >= 4 is 34.1 Å². The monoisotopic (exact) mass is 420 g/mol. The minimum Gasteiger partial charge on any atom is -0.325 e. The SMILES string of the molecule is Cc1ccc(NC(=O)c2cc(Nc3nc(-c4ccccc4)nc4ccccc34)[nH]n2)cc1. The van der Waals surface area contributed by atoms with Crippen molar-refractivity contribution in [2.45, 2.75) is 6.92 Å². The molecule has 0 spiro atoms. The lowest BCUT2D eigenvalue weighted by molar-refractivity contribution is 0.102. The zero-order valence-electron chi connectivity index (χ0n) is 17.3. The highest BCUT2D eigenvalue weighted by molar-refractivity contribution is 6.03. The molecule has 32 heavy (non-hydrogen) atoms. The third-order valence-corrected chi connectivity index (χ3v) is 5.01. The Hall–Kier alpha value is -4.52. The number of anilines is 3. The fourth-order valence-corrected chi connectivity index (χ4v) is 3.35. The smallest absolute Gasteiger partial charge is 0.276 e. The van der Waals surface area contributed by atoms with Crippen LogP contribution in [0.3, 0.4) is 0 Å². The number of para-hydroxylation sites is 1. The molecule has 3 N–H and O–H groups in total. The van der Waals surface area contributed by atoms with Crippen LogP contribution >= 0.6 is 0 Å². The van der Waals surface area contributed by atoms with Crippen molar-refractivity contribution in [2.75, 3.05) is 10.6 Å². The Morgan fingerprint density at radius 2 is 1.62 bits per heavy atom. The van der Waals surface area contributed by atoms with Crippen molar-refractivity contribution in [2.24, 2.45) is 0 Å². The number of hydrogen-bond donors (Lipinski definition) is 3. The van der Waals surface area contributed by atoms with Gasteiger partial charge in [0.05, 0.1) is 5.52 Å². The molecule has 5 aromatic rings. The molecule has 0 saturated heterocycles. The second kappa shape index (κ2) is 8.31. The van der Waals surface area contributed by atoms with Gasteiger partial charge in [-0.1, -0.05) is 60.2 Å². The minimum absolute atomic E-state index is 0.273. The molecule has 0 radical (unpaired) electrons. The first kappa shape index (κ1) is 19.4. The molecule has 0 aliphatic heterocycles. The topological polar surface area (TPSA) is 95.6 Å². The van der Waals surface area contributed by atoms with Gasteiger partial charge in [-0.15, -0.1) is 0 Å². The van der Waals surface area contributed by atoms with E-state index >= 15 is 0 Å². The molecular weight excluding hydrogens is 400 g/mol. The molecule has 0 saturated carbocycles. The van der Waals surface area contributed by atoms with E-state index in [0.29, 0.717) is 23.1 Å². The van der Waals surface area contributed by atoms with Crippen LogP contribution in [0.4, 0.5) is 17.3 Å². The summed E-state index contributed by atoms with van der Waals surface area (Å²) >= 11 is 0. The average molecular weight is 420 g/mol. The molecule has 2 heterocycles. The molecule has 0 fully saturated rings. The predicted octanol–water partition coefficient (Wildman–Crippen LogP) is 5.32. The Balaban J connectivity index is 1.43. The number of carbonyl (C=O) groups is 1. The number of fused-ring (bicyclic) bond motifs is 1. The minimum atomic E-state index is -0.296. The van der Waals surface area contributed by atoms with E-state index < -0.39 is 0 Å². The van der Waals surface area contributed by atoms with Gasteiger partial charge in [0.15, 0.2) is 11.5 Å². The first-order valence-corrected chi connectivity index (χ1v) is 10.2. The second-order valence-electron chi connectivity index (χ2n) is 7.39. The van der Waals surface area contributed by atoms with Crippen LogP contribution in [0.2, 0.25) is 0 Å². The van der Waals surface area contributed by atoms with Crippen molar-refractivity contribution in [1.29, 1.82) is 0 Å². The number of benzene rings is 3. The van der Waals surface area contributed by atoms with Crippen LogP contribution in [0.15, 0.2) is 84.9 Å². The largest absolute Gasteiger partial charge is 0.325 e. The molecule has 0 unspecified atom stereocenters. The first-order valence-electron chi connectivity index (χ1n) is 10.2. The van der Waals surface area contributed by atoms with Gasteiger partial charge >= 0.3 is 0 Å². The molecule has 0 bridgehead atoms. The van der Waals surface area contributed by atoms with Crippen molar-refractivity contribution in [3.05, 3.63) is 96.2 Å². The maximum absolute atomic E-state index is 12.6. The summed E-state index contributed by atoms with van der Waals surface area (Å²) in [6, 6.07) is 26.8. The first-order chi connectivity index (χ1) is 15.7. The number of amides is 1. The van der Waals surface area contributed by atoms with Gasteiger partial charge < -0.3 is 10.6 Å². The number of aryl methyl sites for hydroxylation is 1. The normalized spacial score (nSPS) is 10.8. The van der Waals surface area contributed by atoms with Crippen LogP contribution in [0.1, 0.15) is 16.1 Å². The Morgan fingerprint density at radius 3 is 2.44 bits per heavy atom. The molecule has 0 atom stereocenters. The lowest BCUT2D eigenvalue weighted by Gasteiger charge is -2.09. The Morgan fingerprint density at radius 1 is 0.875 bits per heavy atom. The van der Waals surface area contributed by atoms with E-state index in [4.69, 9.17) is 9.97 Å². The zero-order chi connectivity index (χ0) is 21.9. The van der Waals surface area contributed by atoms with Crippen LogP contribution in [0.25, 0.3) is 22.3 Å². The maximum Gasteiger partial charge on any atom is 0.276 e. The number of carbonyl (C=O) groups excluding carboxylic acids is 1. The van der Waals surface area contributed by atoms with Gasteiger partial charge in [0.25, 0.3) is 5.91 Å². The van der Waals surface area contributed by atoms with E-state index in [9.17, 15) is 4.79 Å². The van der Waals surface area contributed by atoms with Crippen LogP contribution in [0, 0.1) is 6.92 Å². The summed E-state index contributed by atoms with van der Waals surface area (Å²) in [6.07, 6.45) is 0. The molecule has 3 aromatic carbocycles. The lowest BCUT2D eigenvalue weighted by Crippen LogP contribution is -2.12. The highest BCUT2D eigenvalue weighted by Gasteiger charge is 2.14. The maximum atomic E-state index is 12.6. The van der Waals surface area contributed by atoms with Crippen molar-refractivity contribution in [1.82, 2.24) is 20.2 Å². The Labute approximate surface area is 184 Å². The van der Waals surface area contributed by atoms with E-state index in [-0.39, 0.29) is 11.6 Å². The fourth-order valence-electron chi connectivity index (χ4n) is 3.35. The number of H-pyrrole nitrogens is 1. The molecule has 7 nitrogen and oxygen atoms in total. The number of rotatable bonds is 5. The van der Waals surface area contributed by atoms with Crippen molar-refractivity contribution < 1.29 is 4.79 Å². The molecule has 1 amide bonds. The van der Waals surface area contributed by atoms with Crippen LogP contribution in [0.5, 0.6) is 0 Å². The quantitative estimate of drug-likeness (QED) is 0.357. The molecule has 2 aromatic heterocycles. The number of nitrogens with one attached hydrogen (secondary N) is 3. The summed E-state index contributed by atoms with van der Waals surface area (Å²) in [5, 5.41) is 14.0. The van der Waals surface area contributed by atoms with Gasteiger partial charge in [-0.3, -0.25) is 9.89 Å². The van der Waals surface area contributed by atoms with Gasteiger partial charge in [0, 0.05) is 22.7 Å². The number of aromatic nitrogens is 4. The third-order valence-electron chi connectivity index (χ3n) is 5.01. The van der Waals surface area contributed by atoms with E-state index in [0.717, 1.165) is 22.0 Å². The average Bonchev–Trinajstić information content (AvgIpc) is 3.30. The number of hydrogen-bond acceptors (Lipinski definition) is 5. The summed E-state index contributed by atoms with van der Waals surface area (Å²) in [4.78, 5) is 22.0. The standard InChI is InChI=1S/C25H20N6O/c1-16-11-13-18(14-12-16)26-25(32)21-15-22(31-30-21)28-24-19-9-5-6-10-20(19)27-23(29-24)17-7-3-2-4-8-17/h2-15H,1H3,(H,26,32)(H2,27,28,29,30,31). The van der Waals surface area contributed by atoms with E-state index in [2.05, 4.69) is 20.8 Å². The van der Waals surface area contributed by atoms with Crippen molar-refractivity contribution in [3.63, 3.8) is 0 Å². The molecule has 0 aliphatic carbocycles. The molecular formula is C25H20N6O. The van der Waals surface area contributed by atoms with Crippen LogP contribution in [-0.4, -0.2) is 26.1 Å². The van der Waals surface area contributed by atoms with E-state index in [1.807, 2.05) is 85.8 Å². The lowest BCUT2D eigenvalue weighted by atomic mass is 10.2. The summed E-state index contributed by atoms with van der Waals surface area (Å²) in [5.74, 6) is 1.50. The zero-order valence-corrected chi connectivity index (χ0v) is 17.3. The Bertz CT molecular complexity index is 1390. The van der Waals surface area contributed by atoms with Crippen molar-refractivity contribution in [3.8, 4) is 11.4 Å². The summed E-state index contributed by atoms with van der Waals surface area (Å²) in [5.41, 5.74) is 3.85. The van der Waals surface area contributed by atoms with Crippen LogP contribution < -0.4 is 10.6 Å². The molecule has 7 heteroatoms. The summed E-state index contributed by atoms with van der Waals surface area (Å²) in [7, 11) is 0. The number of nitrogens with zero attached hydrogens (tertiary/aromatic N) is 3. The van der Waals surface area contributed by atoms with Gasteiger partial charge in [-0.05, 0) is 31.2 Å². The highest BCUT2D eigenvalue weighted by atomic mass is 16.1. The van der Waals surface area contributed by atoms with Gasteiger partial charge in [-0.25, -0.2) is 9.97 Å². The van der Waals surface area contributed by atoms with Gasteiger partial charge in [0.2, 0.25) is 0 Å². The third kappa shape index (κ3) is 4.04. The van der Waals surface area contributed by atoms with Gasteiger partial charge in [-0.2, -0.15) is 5.10 Å². The molecule has 0 aliphatic rings. The fraction of sp³-hybridized carbons (Fsp3) is 0.0400. The molecule has 156 valence electrons. The highest BCUT2D eigenvalue weighted by Crippen LogP contribution is 2.27. The van der Waals surface area contributed by atoms with E-state index in [1.54, 1.807) is 6.07 Å². The van der Waals surface area contributed by atoms with E-state index in [1.165, 1.54) is 0 Å². The number of aromatic amines is 1.